The van der Waals surface area contributed by atoms with Gasteiger partial charge in [0.05, 0.1) is 17.4 Å². The molecule has 2 aromatic rings. The molecule has 18 heavy (non-hydrogen) atoms. The van der Waals surface area contributed by atoms with Gasteiger partial charge in [-0.15, -0.1) is 0 Å². The van der Waals surface area contributed by atoms with Gasteiger partial charge in [-0.25, -0.2) is 4.98 Å². The Morgan fingerprint density at radius 2 is 2.11 bits per heavy atom. The molecule has 4 nitrogen and oxygen atoms in total. The first kappa shape index (κ1) is 12.8. The highest BCUT2D eigenvalue weighted by Gasteiger charge is 2.11. The highest BCUT2D eigenvalue weighted by molar-refractivity contribution is 14.1. The Bertz CT molecular complexity index is 581. The number of nitrogen functional groups attached to an aromatic ring is 1. The van der Waals surface area contributed by atoms with Crippen LogP contribution in [0.2, 0.25) is 0 Å². The van der Waals surface area contributed by atoms with E-state index in [1.165, 1.54) is 6.20 Å². The van der Waals surface area contributed by atoms with Crippen molar-refractivity contribution in [3.05, 3.63) is 51.2 Å². The lowest BCUT2D eigenvalue weighted by Gasteiger charge is -2.08. The van der Waals surface area contributed by atoms with E-state index in [-0.39, 0.29) is 5.91 Å². The molecule has 0 radical (unpaired) electrons. The number of aromatic nitrogens is 1. The second-order valence-electron chi connectivity index (χ2n) is 3.87. The Hall–Kier alpha value is -1.63. The normalized spacial score (nSPS) is 10.1. The minimum absolute atomic E-state index is 0.166. The van der Waals surface area contributed by atoms with Crippen molar-refractivity contribution in [1.29, 1.82) is 0 Å². The lowest BCUT2D eigenvalue weighted by Crippen LogP contribution is -2.14. The van der Waals surface area contributed by atoms with Crippen molar-refractivity contribution in [2.45, 2.75) is 6.92 Å². The molecule has 1 amide bonds. The van der Waals surface area contributed by atoms with E-state index in [0.717, 1.165) is 9.13 Å². The van der Waals surface area contributed by atoms with Crippen molar-refractivity contribution in [2.24, 2.45) is 0 Å². The molecule has 0 bridgehead atoms. The highest BCUT2D eigenvalue weighted by atomic mass is 127. The zero-order chi connectivity index (χ0) is 13.1. The van der Waals surface area contributed by atoms with Crippen LogP contribution in [0.1, 0.15) is 15.9 Å². The molecule has 0 saturated heterocycles. The number of nitrogens with one attached hydrogen (secondary N) is 1. The van der Waals surface area contributed by atoms with Gasteiger partial charge in [-0.05, 0) is 53.3 Å². The maximum absolute atomic E-state index is 12.1. The van der Waals surface area contributed by atoms with Gasteiger partial charge in [-0.2, -0.15) is 0 Å². The van der Waals surface area contributed by atoms with Crippen molar-refractivity contribution in [3.8, 4) is 0 Å². The van der Waals surface area contributed by atoms with Crippen molar-refractivity contribution < 1.29 is 4.79 Å². The van der Waals surface area contributed by atoms with E-state index in [0.29, 0.717) is 17.1 Å². The monoisotopic (exact) mass is 353 g/mol. The number of hydrogen-bond acceptors (Lipinski definition) is 3. The zero-order valence-corrected chi connectivity index (χ0v) is 11.9. The first-order chi connectivity index (χ1) is 8.58. The van der Waals surface area contributed by atoms with Crippen molar-refractivity contribution in [2.75, 3.05) is 11.1 Å². The fraction of sp³-hybridized carbons (Fsp3) is 0.0769. The smallest absolute Gasteiger partial charge is 0.257 e. The number of benzene rings is 1. The third-order valence-corrected chi connectivity index (χ3v) is 3.90. The van der Waals surface area contributed by atoms with Gasteiger partial charge in [0.25, 0.3) is 5.91 Å². The molecular weight excluding hydrogens is 341 g/mol. The first-order valence-corrected chi connectivity index (χ1v) is 6.44. The summed E-state index contributed by atoms with van der Waals surface area (Å²) in [5.74, 6) is 0.326. The topological polar surface area (TPSA) is 68.0 Å². The molecule has 0 fully saturated rings. The summed E-state index contributed by atoms with van der Waals surface area (Å²) in [6.45, 7) is 1.97. The van der Waals surface area contributed by atoms with Crippen molar-refractivity contribution in [3.63, 3.8) is 0 Å². The molecule has 0 aliphatic carbocycles. The van der Waals surface area contributed by atoms with Gasteiger partial charge in [0.1, 0.15) is 5.82 Å². The van der Waals surface area contributed by atoms with E-state index < -0.39 is 0 Å². The number of hydrogen-bond donors (Lipinski definition) is 2. The third kappa shape index (κ3) is 2.79. The quantitative estimate of drug-likeness (QED) is 0.816. The number of nitrogens with two attached hydrogens (primary N) is 1. The molecule has 5 heteroatoms. The summed E-state index contributed by atoms with van der Waals surface area (Å²) in [7, 11) is 0. The predicted molar refractivity (Wildman–Crippen MR) is 80.5 cm³/mol. The van der Waals surface area contributed by atoms with Crippen LogP contribution in [0.5, 0.6) is 0 Å². The number of pyridine rings is 1. The zero-order valence-electron chi connectivity index (χ0n) is 9.77. The van der Waals surface area contributed by atoms with E-state index in [9.17, 15) is 4.79 Å². The lowest BCUT2D eigenvalue weighted by atomic mass is 10.1. The van der Waals surface area contributed by atoms with E-state index in [2.05, 4.69) is 32.9 Å². The fourth-order valence-corrected chi connectivity index (χ4v) is 2.09. The summed E-state index contributed by atoms with van der Waals surface area (Å²) >= 11 is 2.17. The van der Waals surface area contributed by atoms with E-state index in [4.69, 9.17) is 5.73 Å². The number of amides is 1. The average molecular weight is 353 g/mol. The molecule has 0 aliphatic rings. The predicted octanol–water partition coefficient (Wildman–Crippen LogP) is 2.83. The Morgan fingerprint density at radius 3 is 2.78 bits per heavy atom. The van der Waals surface area contributed by atoms with Gasteiger partial charge in [0, 0.05) is 3.57 Å². The SMILES string of the molecule is Cc1cccc(C(=O)Nc2ccc(N)cn2)c1I. The van der Waals surface area contributed by atoms with Crippen LogP contribution in [0, 0.1) is 10.5 Å². The van der Waals surface area contributed by atoms with Gasteiger partial charge in [0.15, 0.2) is 0 Å². The summed E-state index contributed by atoms with van der Waals surface area (Å²) in [6, 6.07) is 9.00. The van der Waals surface area contributed by atoms with E-state index in [1.807, 2.05) is 19.1 Å². The first-order valence-electron chi connectivity index (χ1n) is 5.36. The summed E-state index contributed by atoms with van der Waals surface area (Å²) in [6.07, 6.45) is 1.51. The van der Waals surface area contributed by atoms with Crippen LogP contribution in [0.3, 0.4) is 0 Å². The molecule has 92 valence electrons. The Morgan fingerprint density at radius 1 is 1.33 bits per heavy atom. The number of halogens is 1. The summed E-state index contributed by atoms with van der Waals surface area (Å²) in [5, 5.41) is 2.74. The Labute approximate surface area is 119 Å². The largest absolute Gasteiger partial charge is 0.397 e. The third-order valence-electron chi connectivity index (χ3n) is 2.46. The lowest BCUT2D eigenvalue weighted by molar-refractivity contribution is 0.102. The molecule has 0 saturated carbocycles. The van der Waals surface area contributed by atoms with E-state index >= 15 is 0 Å². The molecule has 1 aromatic carbocycles. The molecule has 0 atom stereocenters. The van der Waals surface area contributed by atoms with Crippen molar-refractivity contribution >= 4 is 40.0 Å². The minimum Gasteiger partial charge on any atom is -0.397 e. The number of carbonyl (C=O) groups excluding carboxylic acids is 1. The molecule has 3 N–H and O–H groups in total. The Balaban J connectivity index is 2.22. The van der Waals surface area contributed by atoms with Crippen LogP contribution in [-0.4, -0.2) is 10.9 Å². The van der Waals surface area contributed by atoms with Crippen LogP contribution in [0.15, 0.2) is 36.5 Å². The molecule has 1 aromatic heterocycles. The van der Waals surface area contributed by atoms with Gasteiger partial charge in [-0.1, -0.05) is 12.1 Å². The van der Waals surface area contributed by atoms with Gasteiger partial charge in [0.2, 0.25) is 0 Å². The Kier molecular flexibility index (Phi) is 3.81. The average Bonchev–Trinajstić information content (AvgIpc) is 2.35. The number of anilines is 2. The van der Waals surface area contributed by atoms with Crippen LogP contribution in [-0.2, 0) is 0 Å². The molecular formula is C13H12IN3O. The maximum atomic E-state index is 12.1. The summed E-state index contributed by atoms with van der Waals surface area (Å²) < 4.78 is 0.947. The second-order valence-corrected chi connectivity index (χ2v) is 4.95. The van der Waals surface area contributed by atoms with Gasteiger partial charge in [-0.3, -0.25) is 4.79 Å². The number of carbonyl (C=O) groups is 1. The standard InChI is InChI=1S/C13H12IN3O/c1-8-3-2-4-10(12(8)14)13(18)17-11-6-5-9(15)7-16-11/h2-7H,15H2,1H3,(H,16,17,18). The van der Waals surface area contributed by atoms with Gasteiger partial charge >= 0.3 is 0 Å². The van der Waals surface area contributed by atoms with Crippen LogP contribution in [0.25, 0.3) is 0 Å². The van der Waals surface area contributed by atoms with E-state index in [1.54, 1.807) is 18.2 Å². The van der Waals surface area contributed by atoms with Crippen LogP contribution in [0.4, 0.5) is 11.5 Å². The second kappa shape index (κ2) is 5.34. The highest BCUT2D eigenvalue weighted by Crippen LogP contribution is 2.18. The molecule has 0 spiro atoms. The molecule has 1 heterocycles. The van der Waals surface area contributed by atoms with Crippen molar-refractivity contribution in [1.82, 2.24) is 4.98 Å². The summed E-state index contributed by atoms with van der Waals surface area (Å²) in [4.78, 5) is 16.1. The number of nitrogens with zero attached hydrogens (tertiary/aromatic N) is 1. The molecule has 2 rings (SSSR count). The maximum Gasteiger partial charge on any atom is 0.257 e. The van der Waals surface area contributed by atoms with Crippen LogP contribution < -0.4 is 11.1 Å². The molecule has 0 aliphatic heterocycles. The number of rotatable bonds is 2. The van der Waals surface area contributed by atoms with Crippen LogP contribution >= 0.6 is 22.6 Å². The number of aryl methyl sites for hydroxylation is 1. The fourth-order valence-electron chi connectivity index (χ4n) is 1.49. The molecule has 0 unspecified atom stereocenters. The van der Waals surface area contributed by atoms with Gasteiger partial charge < -0.3 is 11.1 Å². The summed E-state index contributed by atoms with van der Waals surface area (Å²) in [5.41, 5.74) is 7.83. The minimum atomic E-state index is -0.166.